The van der Waals surface area contributed by atoms with Gasteiger partial charge in [-0.05, 0) is 36.8 Å². The molecule has 0 saturated heterocycles. The third-order valence-electron chi connectivity index (χ3n) is 3.73. The van der Waals surface area contributed by atoms with Crippen LogP contribution in [0.1, 0.15) is 15.2 Å². The Labute approximate surface area is 176 Å². The average molecular weight is 455 g/mol. The highest BCUT2D eigenvalue weighted by Crippen LogP contribution is 2.35. The number of nitrogens with one attached hydrogen (secondary N) is 2. The van der Waals surface area contributed by atoms with E-state index in [1.165, 1.54) is 13.1 Å². The Morgan fingerprint density at radius 2 is 2.13 bits per heavy atom. The van der Waals surface area contributed by atoms with Crippen molar-refractivity contribution in [2.75, 3.05) is 11.1 Å². The Kier molecular flexibility index (Phi) is 6.46. The monoisotopic (exact) mass is 455 g/mol. The van der Waals surface area contributed by atoms with Gasteiger partial charge in [0.05, 0.1) is 11.4 Å². The maximum atomic E-state index is 14.3. The number of benzene rings is 1. The number of nitrogens with zero attached hydrogens (tertiary/aromatic N) is 3. The Bertz CT molecular complexity index is 1090. The number of thiazole rings is 1. The van der Waals surface area contributed by atoms with E-state index in [1.54, 1.807) is 18.3 Å². The van der Waals surface area contributed by atoms with Crippen molar-refractivity contribution in [3.8, 4) is 10.6 Å². The summed E-state index contributed by atoms with van der Waals surface area (Å²) in [7, 11) is 0. The topological polar surface area (TPSA) is 91.1 Å². The molecule has 2 aromatic heterocycles. The van der Waals surface area contributed by atoms with Crippen LogP contribution in [-0.4, -0.2) is 27.8 Å². The number of aromatic nitrogens is 2. The van der Waals surface area contributed by atoms with E-state index in [2.05, 4.69) is 20.4 Å². The minimum absolute atomic E-state index is 0.0340. The van der Waals surface area contributed by atoms with Crippen LogP contribution in [-0.2, 0) is 0 Å². The van der Waals surface area contributed by atoms with E-state index in [9.17, 15) is 22.4 Å². The Balaban J connectivity index is 1.87. The zero-order chi connectivity index (χ0) is 21.9. The summed E-state index contributed by atoms with van der Waals surface area (Å²) in [5.74, 6) is -2.87. The molecule has 0 radical (unpaired) electrons. The van der Waals surface area contributed by atoms with E-state index < -0.39 is 23.7 Å². The van der Waals surface area contributed by atoms with Gasteiger partial charge in [-0.3, -0.25) is 9.78 Å². The number of alkyl halides is 3. The molecule has 0 unspecified atom stereocenters. The summed E-state index contributed by atoms with van der Waals surface area (Å²) in [5.41, 5.74) is 7.89. The molecule has 0 spiro atoms. The van der Waals surface area contributed by atoms with E-state index in [-0.39, 0.29) is 21.3 Å². The van der Waals surface area contributed by atoms with Gasteiger partial charge >= 0.3 is 6.18 Å². The summed E-state index contributed by atoms with van der Waals surface area (Å²) in [4.78, 5) is 20.9. The van der Waals surface area contributed by atoms with Gasteiger partial charge in [-0.25, -0.2) is 14.9 Å². The van der Waals surface area contributed by atoms with Crippen molar-refractivity contribution < 1.29 is 22.4 Å². The lowest BCUT2D eigenvalue weighted by Gasteiger charge is -2.12. The van der Waals surface area contributed by atoms with Gasteiger partial charge in [-0.2, -0.15) is 13.2 Å². The normalized spacial score (nSPS) is 11.4. The van der Waals surface area contributed by atoms with Crippen LogP contribution in [0.25, 0.3) is 10.6 Å². The molecule has 0 aliphatic heterocycles. The number of rotatable bonds is 6. The summed E-state index contributed by atoms with van der Waals surface area (Å²) >= 11 is 1.44. The van der Waals surface area contributed by atoms with Crippen molar-refractivity contribution in [3.05, 3.63) is 52.9 Å². The fraction of sp³-hybridized carbons (Fsp3) is 0.167. The Morgan fingerprint density at radius 1 is 1.37 bits per heavy atom. The quantitative estimate of drug-likeness (QED) is 0.262. The fourth-order valence-electron chi connectivity index (χ4n) is 2.39. The summed E-state index contributed by atoms with van der Waals surface area (Å²) in [5, 5.41) is 5.96. The van der Waals surface area contributed by atoms with Crippen molar-refractivity contribution in [2.24, 2.45) is 5.11 Å². The maximum absolute atomic E-state index is 14.3. The van der Waals surface area contributed by atoms with Crippen LogP contribution in [0.2, 0.25) is 0 Å². The van der Waals surface area contributed by atoms with Gasteiger partial charge in [-0.15, -0.1) is 28.2 Å². The molecule has 0 aliphatic carbocycles. The average Bonchev–Trinajstić information content (AvgIpc) is 3.14. The largest absolute Gasteiger partial charge is 0.398 e. The van der Waals surface area contributed by atoms with Crippen LogP contribution in [0, 0.1) is 18.3 Å². The van der Waals surface area contributed by atoms with Crippen molar-refractivity contribution >= 4 is 40.5 Å². The van der Waals surface area contributed by atoms with E-state index >= 15 is 0 Å². The van der Waals surface area contributed by atoms with Gasteiger partial charge < -0.3 is 5.32 Å². The lowest BCUT2D eigenvalue weighted by Crippen LogP contribution is -2.13. The highest BCUT2D eigenvalue weighted by Gasteiger charge is 2.28. The number of thioether (sulfide) groups is 1. The van der Waals surface area contributed by atoms with E-state index in [4.69, 9.17) is 5.53 Å². The van der Waals surface area contributed by atoms with Gasteiger partial charge in [0.25, 0.3) is 5.91 Å². The summed E-state index contributed by atoms with van der Waals surface area (Å²) in [6, 6.07) is 5.60. The maximum Gasteiger partial charge on any atom is 0.398 e. The number of halogens is 4. The first-order valence-electron chi connectivity index (χ1n) is 8.27. The Morgan fingerprint density at radius 3 is 2.77 bits per heavy atom. The van der Waals surface area contributed by atoms with Gasteiger partial charge in [0.15, 0.2) is 5.82 Å². The smallest absolute Gasteiger partial charge is 0.319 e. The summed E-state index contributed by atoms with van der Waals surface area (Å²) < 4.78 is 51.8. The number of hydrogen-bond acceptors (Lipinski definition) is 7. The van der Waals surface area contributed by atoms with Crippen molar-refractivity contribution in [2.45, 2.75) is 18.0 Å². The molecule has 6 nitrogen and oxygen atoms in total. The van der Waals surface area contributed by atoms with Crippen LogP contribution >= 0.6 is 23.1 Å². The zero-order valence-corrected chi connectivity index (χ0v) is 16.9. The fourth-order valence-corrected chi connectivity index (χ4v) is 4.09. The number of anilines is 1. The molecule has 0 fully saturated rings. The first-order chi connectivity index (χ1) is 14.2. The molecule has 3 rings (SSSR count). The predicted molar refractivity (Wildman–Crippen MR) is 106 cm³/mol. The number of pyridine rings is 1. The highest BCUT2D eigenvalue weighted by molar-refractivity contribution is 7.99. The van der Waals surface area contributed by atoms with Crippen molar-refractivity contribution in [3.63, 3.8) is 0 Å². The molecule has 0 bridgehead atoms. The second-order valence-corrected chi connectivity index (χ2v) is 8.00. The predicted octanol–water partition coefficient (Wildman–Crippen LogP) is 6.22. The minimum atomic E-state index is -4.38. The third kappa shape index (κ3) is 5.19. The Hall–Kier alpha value is -2.86. The van der Waals surface area contributed by atoms with Crippen LogP contribution < -0.4 is 5.32 Å². The number of hydrogen-bond donors (Lipinski definition) is 2. The molecule has 0 aliphatic rings. The molecule has 3 aromatic rings. The van der Waals surface area contributed by atoms with Crippen molar-refractivity contribution in [1.82, 2.24) is 9.97 Å². The number of carbonyl (C=O) groups excluding carboxylic acids is 1. The van der Waals surface area contributed by atoms with E-state index in [0.717, 1.165) is 23.5 Å². The van der Waals surface area contributed by atoms with Gasteiger partial charge in [-0.1, -0.05) is 0 Å². The number of amides is 1. The first-order valence-corrected chi connectivity index (χ1v) is 10.1. The molecular weight excluding hydrogens is 442 g/mol. The number of carbonyl (C=O) groups is 1. The minimum Gasteiger partial charge on any atom is -0.319 e. The molecular formula is C18H13F4N5OS2. The van der Waals surface area contributed by atoms with Gasteiger partial charge in [0.1, 0.15) is 15.7 Å². The molecule has 12 heteroatoms. The second-order valence-electron chi connectivity index (χ2n) is 5.98. The van der Waals surface area contributed by atoms with Crippen LogP contribution in [0.5, 0.6) is 0 Å². The zero-order valence-electron chi connectivity index (χ0n) is 15.2. The van der Waals surface area contributed by atoms with Crippen molar-refractivity contribution in [1.29, 1.82) is 5.53 Å². The third-order valence-corrected chi connectivity index (χ3v) is 6.05. The first kappa shape index (κ1) is 21.8. The molecule has 0 atom stereocenters. The van der Waals surface area contributed by atoms with E-state index in [0.29, 0.717) is 27.9 Å². The summed E-state index contributed by atoms with van der Waals surface area (Å²) in [6.45, 7) is 1.48. The molecule has 0 saturated carbocycles. The van der Waals surface area contributed by atoms with E-state index in [1.807, 2.05) is 0 Å². The molecule has 2 heterocycles. The standard InChI is InChI=1S/C18H13F4N5OS2/c1-9-5-11(19)12(6-13(9)29-8-18(20,21)22)25-16(28)14-15(27-23)26-17(30-14)10-3-2-4-24-7-10/h2-7,23H,8H2,1H3,(H,25,28). The molecule has 1 aromatic carbocycles. The summed E-state index contributed by atoms with van der Waals surface area (Å²) in [6.07, 6.45) is -1.29. The van der Waals surface area contributed by atoms with Crippen LogP contribution in [0.3, 0.4) is 0 Å². The molecule has 30 heavy (non-hydrogen) atoms. The van der Waals surface area contributed by atoms with Crippen LogP contribution in [0.4, 0.5) is 29.1 Å². The van der Waals surface area contributed by atoms with Crippen LogP contribution in [0.15, 0.2) is 46.7 Å². The SMILES string of the molecule is Cc1cc(F)c(NC(=O)c2sc(-c3cccnc3)nc2N=N)cc1SCC(F)(F)F. The number of aryl methyl sites for hydroxylation is 1. The molecule has 1 amide bonds. The van der Waals surface area contributed by atoms with Gasteiger partial charge in [0.2, 0.25) is 0 Å². The lowest BCUT2D eigenvalue weighted by molar-refractivity contribution is -0.105. The second kappa shape index (κ2) is 8.88. The molecule has 2 N–H and O–H groups in total. The van der Waals surface area contributed by atoms with Gasteiger partial charge in [0, 0.05) is 22.9 Å². The lowest BCUT2D eigenvalue weighted by atomic mass is 10.2. The molecule has 156 valence electrons. The highest BCUT2D eigenvalue weighted by atomic mass is 32.2.